The molecule has 1 aromatic heterocycles. The summed E-state index contributed by atoms with van der Waals surface area (Å²) in [4.78, 5) is 15.2. The molecule has 0 spiro atoms. The molecule has 7 heteroatoms. The van der Waals surface area contributed by atoms with Crippen molar-refractivity contribution in [2.24, 2.45) is 0 Å². The number of thiazole rings is 1. The topological polar surface area (TPSA) is 68.7 Å². The van der Waals surface area contributed by atoms with Crippen molar-refractivity contribution in [1.29, 1.82) is 0 Å². The highest BCUT2D eigenvalue weighted by atomic mass is 35.5. The van der Waals surface area contributed by atoms with Gasteiger partial charge >= 0.3 is 5.97 Å². The molecule has 2 aromatic rings. The van der Waals surface area contributed by atoms with Gasteiger partial charge in [0.2, 0.25) is 0 Å². The first-order chi connectivity index (χ1) is 12.0. The summed E-state index contributed by atoms with van der Waals surface area (Å²) in [6, 6.07) is 3.62. The van der Waals surface area contributed by atoms with Crippen LogP contribution < -0.4 is 9.47 Å². The van der Waals surface area contributed by atoms with Crippen LogP contribution in [-0.4, -0.2) is 29.3 Å². The molecule has 0 unspecified atom stereocenters. The number of carboxylic acid groups (broad SMARTS) is 1. The second kappa shape index (κ2) is 9.63. The Balaban J connectivity index is 2.25. The normalized spacial score (nSPS) is 10.7. The number of aromatic nitrogens is 1. The second-order valence-electron chi connectivity index (χ2n) is 5.49. The zero-order valence-corrected chi connectivity index (χ0v) is 16.0. The molecule has 0 saturated carbocycles. The van der Waals surface area contributed by atoms with Gasteiger partial charge in [0, 0.05) is 10.9 Å². The van der Waals surface area contributed by atoms with Crippen molar-refractivity contribution >= 4 is 28.9 Å². The molecule has 0 bridgehead atoms. The minimum absolute atomic E-state index is 0.0961. The van der Waals surface area contributed by atoms with Crippen molar-refractivity contribution < 1.29 is 19.4 Å². The molecule has 2 rings (SSSR count). The summed E-state index contributed by atoms with van der Waals surface area (Å²) >= 11 is 7.78. The molecular formula is C18H22ClNO4S. The largest absolute Gasteiger partial charge is 0.490 e. The number of aliphatic carboxylic acids is 1. The lowest BCUT2D eigenvalue weighted by Gasteiger charge is -2.14. The number of rotatable bonds is 10. The molecule has 0 aliphatic carbocycles. The van der Waals surface area contributed by atoms with E-state index in [9.17, 15) is 4.79 Å². The monoisotopic (exact) mass is 383 g/mol. The first kappa shape index (κ1) is 19.5. The number of ether oxygens (including phenoxy) is 2. The van der Waals surface area contributed by atoms with E-state index in [0.717, 1.165) is 24.8 Å². The van der Waals surface area contributed by atoms with E-state index >= 15 is 0 Å². The molecule has 0 radical (unpaired) electrons. The van der Waals surface area contributed by atoms with Crippen LogP contribution in [0.25, 0.3) is 10.6 Å². The minimum Gasteiger partial charge on any atom is -0.490 e. The summed E-state index contributed by atoms with van der Waals surface area (Å²) in [6.45, 7) is 5.12. The van der Waals surface area contributed by atoms with Crippen LogP contribution in [0.4, 0.5) is 0 Å². The minimum atomic E-state index is -0.902. The fourth-order valence-corrected chi connectivity index (χ4v) is 3.37. The lowest BCUT2D eigenvalue weighted by Crippen LogP contribution is -2.02. The van der Waals surface area contributed by atoms with E-state index < -0.39 is 5.97 Å². The summed E-state index contributed by atoms with van der Waals surface area (Å²) in [5.74, 6) is 0.225. The number of hydrogen-bond acceptors (Lipinski definition) is 5. The molecule has 0 aliphatic rings. The highest BCUT2D eigenvalue weighted by Crippen LogP contribution is 2.40. The highest BCUT2D eigenvalue weighted by molar-refractivity contribution is 7.13. The molecule has 0 saturated heterocycles. The van der Waals surface area contributed by atoms with Crippen LogP contribution in [-0.2, 0) is 11.2 Å². The van der Waals surface area contributed by atoms with Crippen LogP contribution in [0.5, 0.6) is 11.5 Å². The Hall–Kier alpha value is -1.79. The van der Waals surface area contributed by atoms with Gasteiger partial charge in [-0.05, 0) is 25.5 Å². The Morgan fingerprint density at radius 1 is 1.28 bits per heavy atom. The molecular weight excluding hydrogens is 362 g/mol. The molecule has 136 valence electrons. The first-order valence-corrected chi connectivity index (χ1v) is 9.56. The van der Waals surface area contributed by atoms with Crippen molar-refractivity contribution in [2.45, 2.75) is 39.5 Å². The molecule has 25 heavy (non-hydrogen) atoms. The third kappa shape index (κ3) is 5.61. The van der Waals surface area contributed by atoms with Crippen LogP contribution in [0.1, 0.15) is 38.8 Å². The molecule has 0 atom stereocenters. The summed E-state index contributed by atoms with van der Waals surface area (Å²) in [5.41, 5.74) is 1.32. The molecule has 1 heterocycles. The average Bonchev–Trinajstić information content (AvgIpc) is 3.01. The lowest BCUT2D eigenvalue weighted by atomic mass is 10.2. The summed E-state index contributed by atoms with van der Waals surface area (Å²) in [7, 11) is 0. The number of carboxylic acids is 1. The van der Waals surface area contributed by atoms with Gasteiger partial charge in [-0.15, -0.1) is 11.3 Å². The maximum atomic E-state index is 10.8. The summed E-state index contributed by atoms with van der Waals surface area (Å²) in [5, 5.41) is 11.8. The SMILES string of the molecule is CCCCCOc1c(Cl)cc(-c2nc(CC(=O)O)cs2)cc1OCC. The quantitative estimate of drug-likeness (QED) is 0.581. The van der Waals surface area contributed by atoms with Crippen LogP contribution in [0, 0.1) is 0 Å². The Morgan fingerprint density at radius 2 is 2.08 bits per heavy atom. The number of carbonyl (C=O) groups is 1. The smallest absolute Gasteiger partial charge is 0.309 e. The van der Waals surface area contributed by atoms with Crippen LogP contribution in [0.3, 0.4) is 0 Å². The summed E-state index contributed by atoms with van der Waals surface area (Å²) in [6.07, 6.45) is 3.09. The Morgan fingerprint density at radius 3 is 2.76 bits per heavy atom. The maximum Gasteiger partial charge on any atom is 0.309 e. The molecule has 0 fully saturated rings. The molecule has 0 aliphatic heterocycles. The van der Waals surface area contributed by atoms with E-state index in [4.69, 9.17) is 26.2 Å². The van der Waals surface area contributed by atoms with E-state index in [1.165, 1.54) is 11.3 Å². The van der Waals surface area contributed by atoms with Gasteiger partial charge in [-0.3, -0.25) is 4.79 Å². The first-order valence-electron chi connectivity index (χ1n) is 8.30. The Kier molecular flexibility index (Phi) is 7.52. The average molecular weight is 384 g/mol. The number of unbranched alkanes of at least 4 members (excludes halogenated alkanes) is 2. The van der Waals surface area contributed by atoms with Crippen molar-refractivity contribution in [3.8, 4) is 22.1 Å². The van der Waals surface area contributed by atoms with Crippen molar-refractivity contribution in [1.82, 2.24) is 4.98 Å². The molecule has 0 amide bonds. The molecule has 1 N–H and O–H groups in total. The van der Waals surface area contributed by atoms with Crippen LogP contribution in [0.2, 0.25) is 5.02 Å². The zero-order chi connectivity index (χ0) is 18.2. The second-order valence-corrected chi connectivity index (χ2v) is 6.75. The van der Waals surface area contributed by atoms with Crippen LogP contribution >= 0.6 is 22.9 Å². The van der Waals surface area contributed by atoms with Gasteiger partial charge < -0.3 is 14.6 Å². The molecule has 5 nitrogen and oxygen atoms in total. The Bertz CT molecular complexity index is 717. The molecule has 1 aromatic carbocycles. The fourth-order valence-electron chi connectivity index (χ4n) is 2.30. The highest BCUT2D eigenvalue weighted by Gasteiger charge is 2.16. The van der Waals surface area contributed by atoms with Gasteiger partial charge in [-0.2, -0.15) is 0 Å². The lowest BCUT2D eigenvalue weighted by molar-refractivity contribution is -0.136. The number of hydrogen-bond donors (Lipinski definition) is 1. The van der Waals surface area contributed by atoms with Gasteiger partial charge in [0.25, 0.3) is 0 Å². The van der Waals surface area contributed by atoms with Crippen molar-refractivity contribution in [3.05, 3.63) is 28.2 Å². The van der Waals surface area contributed by atoms with E-state index in [2.05, 4.69) is 11.9 Å². The van der Waals surface area contributed by atoms with Gasteiger partial charge in [0.1, 0.15) is 5.01 Å². The van der Waals surface area contributed by atoms with E-state index in [1.54, 1.807) is 11.4 Å². The van der Waals surface area contributed by atoms with Gasteiger partial charge in [0.15, 0.2) is 11.5 Å². The Labute approximate surface area is 156 Å². The zero-order valence-electron chi connectivity index (χ0n) is 14.4. The predicted octanol–water partition coefficient (Wildman–Crippen LogP) is 5.06. The maximum absolute atomic E-state index is 10.8. The van der Waals surface area contributed by atoms with Gasteiger partial charge in [-0.1, -0.05) is 31.4 Å². The van der Waals surface area contributed by atoms with Gasteiger partial charge in [-0.25, -0.2) is 4.98 Å². The number of benzene rings is 1. The van der Waals surface area contributed by atoms with Crippen LogP contribution in [0.15, 0.2) is 17.5 Å². The third-order valence-corrected chi connectivity index (χ3v) is 4.66. The third-order valence-electron chi connectivity index (χ3n) is 3.43. The van der Waals surface area contributed by atoms with E-state index in [1.807, 2.05) is 13.0 Å². The van der Waals surface area contributed by atoms with Crippen molar-refractivity contribution in [3.63, 3.8) is 0 Å². The van der Waals surface area contributed by atoms with E-state index in [-0.39, 0.29) is 6.42 Å². The van der Waals surface area contributed by atoms with Gasteiger partial charge in [0.05, 0.1) is 30.4 Å². The fraction of sp³-hybridized carbons (Fsp3) is 0.444. The van der Waals surface area contributed by atoms with Crippen molar-refractivity contribution in [2.75, 3.05) is 13.2 Å². The number of halogens is 1. The number of nitrogens with zero attached hydrogens (tertiary/aromatic N) is 1. The predicted molar refractivity (Wildman–Crippen MR) is 100 cm³/mol. The standard InChI is InChI=1S/C18H22ClNO4S/c1-3-5-6-7-24-17-14(19)8-12(9-15(17)23-4-2)18-20-13(11-25-18)10-16(21)22/h8-9,11H,3-7,10H2,1-2H3,(H,21,22). The van der Waals surface area contributed by atoms with E-state index in [0.29, 0.717) is 40.4 Å². The summed E-state index contributed by atoms with van der Waals surface area (Å²) < 4.78 is 11.5.